The number of carbonyl (C=O) groups excluding carboxylic acids is 2. The van der Waals surface area contributed by atoms with Gasteiger partial charge in [-0.15, -0.1) is 0 Å². The molecule has 6 heteroatoms. The average Bonchev–Trinajstić information content (AvgIpc) is 2.36. The molecule has 1 aliphatic heterocycles. The van der Waals surface area contributed by atoms with Gasteiger partial charge in [-0.1, -0.05) is 6.92 Å². The molecule has 6 nitrogen and oxygen atoms in total. The smallest absolute Gasteiger partial charge is 0.303 e. The van der Waals surface area contributed by atoms with Crippen molar-refractivity contribution >= 4 is 17.8 Å². The highest BCUT2D eigenvalue weighted by Gasteiger charge is 2.23. The summed E-state index contributed by atoms with van der Waals surface area (Å²) < 4.78 is 0. The van der Waals surface area contributed by atoms with Crippen LogP contribution in [0.15, 0.2) is 0 Å². The van der Waals surface area contributed by atoms with E-state index in [4.69, 9.17) is 5.11 Å². The number of piperazine rings is 1. The Kier molecular flexibility index (Phi) is 5.61. The zero-order valence-electron chi connectivity index (χ0n) is 10.7. The number of hydrogen-bond donors (Lipinski definition) is 1. The summed E-state index contributed by atoms with van der Waals surface area (Å²) in [6, 6.07) is 0. The fraction of sp³-hybridized carbons (Fsp3) is 0.750. The molecule has 0 aromatic rings. The Hall–Kier alpha value is -1.59. The largest absolute Gasteiger partial charge is 0.481 e. The van der Waals surface area contributed by atoms with Crippen LogP contribution in [0.3, 0.4) is 0 Å². The topological polar surface area (TPSA) is 77.9 Å². The third-order valence-electron chi connectivity index (χ3n) is 3.00. The number of carboxylic acids is 1. The van der Waals surface area contributed by atoms with Gasteiger partial charge >= 0.3 is 5.97 Å². The van der Waals surface area contributed by atoms with Crippen LogP contribution in [0.25, 0.3) is 0 Å². The Morgan fingerprint density at radius 1 is 0.889 bits per heavy atom. The zero-order chi connectivity index (χ0) is 13.5. The predicted molar refractivity (Wildman–Crippen MR) is 64.9 cm³/mol. The quantitative estimate of drug-likeness (QED) is 0.768. The molecular weight excluding hydrogens is 236 g/mol. The summed E-state index contributed by atoms with van der Waals surface area (Å²) >= 11 is 0. The highest BCUT2D eigenvalue weighted by atomic mass is 16.4. The zero-order valence-corrected chi connectivity index (χ0v) is 10.7. The van der Waals surface area contributed by atoms with E-state index in [-0.39, 0.29) is 24.7 Å². The Bertz CT molecular complexity index is 322. The van der Waals surface area contributed by atoms with Crippen LogP contribution in [-0.2, 0) is 14.4 Å². The van der Waals surface area contributed by atoms with Gasteiger partial charge in [0, 0.05) is 39.0 Å². The van der Waals surface area contributed by atoms with Crippen molar-refractivity contribution in [2.75, 3.05) is 26.2 Å². The van der Waals surface area contributed by atoms with Crippen molar-refractivity contribution in [2.45, 2.75) is 32.6 Å². The Morgan fingerprint density at radius 2 is 1.33 bits per heavy atom. The molecule has 0 aromatic carbocycles. The fourth-order valence-corrected chi connectivity index (χ4v) is 1.95. The summed E-state index contributed by atoms with van der Waals surface area (Å²) in [6.07, 6.45) is 1.29. The maximum Gasteiger partial charge on any atom is 0.303 e. The second kappa shape index (κ2) is 6.98. The van der Waals surface area contributed by atoms with Crippen molar-refractivity contribution in [3.63, 3.8) is 0 Å². The molecule has 0 unspecified atom stereocenters. The van der Waals surface area contributed by atoms with E-state index in [1.807, 2.05) is 6.92 Å². The molecule has 2 amide bonds. The lowest BCUT2D eigenvalue weighted by molar-refractivity contribution is -0.142. The minimum Gasteiger partial charge on any atom is -0.481 e. The Morgan fingerprint density at radius 3 is 1.72 bits per heavy atom. The number of carbonyl (C=O) groups is 3. The first-order valence-corrected chi connectivity index (χ1v) is 6.32. The predicted octanol–water partition coefficient (Wildman–Crippen LogP) is 0.322. The second-order valence-electron chi connectivity index (χ2n) is 4.41. The van der Waals surface area contributed by atoms with Gasteiger partial charge in [0.1, 0.15) is 0 Å². The van der Waals surface area contributed by atoms with Crippen molar-refractivity contribution < 1.29 is 19.5 Å². The molecule has 0 bridgehead atoms. The number of amides is 2. The maximum absolute atomic E-state index is 11.7. The number of rotatable bonds is 5. The molecule has 1 heterocycles. The molecule has 1 rings (SSSR count). The van der Waals surface area contributed by atoms with Crippen molar-refractivity contribution in [1.82, 2.24) is 9.80 Å². The highest BCUT2D eigenvalue weighted by Crippen LogP contribution is 2.07. The van der Waals surface area contributed by atoms with Crippen LogP contribution in [0, 0.1) is 0 Å². The summed E-state index contributed by atoms with van der Waals surface area (Å²) in [4.78, 5) is 37.1. The van der Waals surface area contributed by atoms with Crippen molar-refractivity contribution in [1.29, 1.82) is 0 Å². The number of nitrogens with zero attached hydrogens (tertiary/aromatic N) is 2. The normalized spacial score (nSPS) is 15.6. The molecule has 0 radical (unpaired) electrons. The molecule has 0 aromatic heterocycles. The average molecular weight is 256 g/mol. The second-order valence-corrected chi connectivity index (χ2v) is 4.41. The molecule has 1 aliphatic rings. The molecule has 1 fully saturated rings. The van der Waals surface area contributed by atoms with E-state index >= 15 is 0 Å². The van der Waals surface area contributed by atoms with E-state index in [2.05, 4.69) is 0 Å². The molecule has 102 valence electrons. The van der Waals surface area contributed by atoms with Crippen LogP contribution in [0.2, 0.25) is 0 Å². The molecule has 1 N–H and O–H groups in total. The summed E-state index contributed by atoms with van der Waals surface area (Å²) in [5, 5.41) is 8.51. The highest BCUT2D eigenvalue weighted by molar-refractivity contribution is 5.81. The molecule has 0 aliphatic carbocycles. The van der Waals surface area contributed by atoms with Crippen LogP contribution < -0.4 is 0 Å². The summed E-state index contributed by atoms with van der Waals surface area (Å²) in [6.45, 7) is 4.08. The van der Waals surface area contributed by atoms with Crippen molar-refractivity contribution in [2.24, 2.45) is 0 Å². The summed E-state index contributed by atoms with van der Waals surface area (Å²) in [5.41, 5.74) is 0. The van der Waals surface area contributed by atoms with Crippen molar-refractivity contribution in [3.05, 3.63) is 0 Å². The fourth-order valence-electron chi connectivity index (χ4n) is 1.95. The number of carboxylic acid groups (broad SMARTS) is 1. The third-order valence-corrected chi connectivity index (χ3v) is 3.00. The molecule has 0 atom stereocenters. The molecular formula is C12H20N2O4. The van der Waals surface area contributed by atoms with Gasteiger partial charge in [-0.25, -0.2) is 0 Å². The SMILES string of the molecule is CCCC(=O)N1CCN(C(=O)CCC(=O)O)CC1. The minimum atomic E-state index is -0.958. The monoisotopic (exact) mass is 256 g/mol. The standard InChI is InChI=1S/C12H20N2O4/c1-2-3-10(15)13-6-8-14(9-7-13)11(16)4-5-12(17)18/h2-9H2,1H3,(H,17,18). The third kappa shape index (κ3) is 4.35. The first kappa shape index (κ1) is 14.5. The van der Waals surface area contributed by atoms with E-state index in [1.165, 1.54) is 0 Å². The lowest BCUT2D eigenvalue weighted by Crippen LogP contribution is -2.50. The van der Waals surface area contributed by atoms with Crippen LogP contribution in [0.4, 0.5) is 0 Å². The van der Waals surface area contributed by atoms with Crippen molar-refractivity contribution in [3.8, 4) is 0 Å². The molecule has 0 spiro atoms. The van der Waals surface area contributed by atoms with Gasteiger partial charge in [0.2, 0.25) is 11.8 Å². The maximum atomic E-state index is 11.7. The molecule has 0 saturated carbocycles. The van der Waals surface area contributed by atoms with Gasteiger partial charge < -0.3 is 14.9 Å². The van der Waals surface area contributed by atoms with Gasteiger partial charge in [-0.05, 0) is 6.42 Å². The minimum absolute atomic E-state index is 0.0399. The Balaban J connectivity index is 2.32. The van der Waals surface area contributed by atoms with Gasteiger partial charge in [0.15, 0.2) is 0 Å². The van der Waals surface area contributed by atoms with E-state index in [0.29, 0.717) is 32.6 Å². The van der Waals surface area contributed by atoms with Crippen LogP contribution in [-0.4, -0.2) is 58.9 Å². The van der Waals surface area contributed by atoms with Gasteiger partial charge in [-0.3, -0.25) is 14.4 Å². The lowest BCUT2D eigenvalue weighted by atomic mass is 10.2. The first-order chi connectivity index (χ1) is 8.54. The van der Waals surface area contributed by atoms with Gasteiger partial charge in [-0.2, -0.15) is 0 Å². The number of hydrogen-bond acceptors (Lipinski definition) is 3. The van der Waals surface area contributed by atoms with E-state index in [1.54, 1.807) is 9.80 Å². The van der Waals surface area contributed by atoms with E-state index < -0.39 is 5.97 Å². The lowest BCUT2D eigenvalue weighted by Gasteiger charge is -2.34. The van der Waals surface area contributed by atoms with Gasteiger partial charge in [0.05, 0.1) is 6.42 Å². The van der Waals surface area contributed by atoms with Crippen LogP contribution >= 0.6 is 0 Å². The molecule has 18 heavy (non-hydrogen) atoms. The van der Waals surface area contributed by atoms with Crippen LogP contribution in [0.5, 0.6) is 0 Å². The Labute approximate surface area is 107 Å². The van der Waals surface area contributed by atoms with E-state index in [9.17, 15) is 14.4 Å². The van der Waals surface area contributed by atoms with E-state index in [0.717, 1.165) is 6.42 Å². The van der Waals surface area contributed by atoms with Crippen LogP contribution in [0.1, 0.15) is 32.6 Å². The summed E-state index contributed by atoms with van der Waals surface area (Å²) in [5.74, 6) is -0.963. The number of aliphatic carboxylic acids is 1. The molecule has 1 saturated heterocycles. The summed E-state index contributed by atoms with van der Waals surface area (Å²) in [7, 11) is 0. The first-order valence-electron chi connectivity index (χ1n) is 6.32. The van der Waals surface area contributed by atoms with Gasteiger partial charge in [0.25, 0.3) is 0 Å².